The SMILES string of the molecule is CC1(C)C2=CC=CCC2C2C=C3C(=CC21)c1cccc(C2=NC(c4ccccc4)N=C(C4=CC=CCC4)N2)c1C31CCCCC1. The molecule has 3 heteroatoms. The lowest BCUT2D eigenvalue weighted by molar-refractivity contribution is 0.311. The smallest absolute Gasteiger partial charge is 0.169 e. The van der Waals surface area contributed by atoms with E-state index in [4.69, 9.17) is 9.98 Å². The van der Waals surface area contributed by atoms with Crippen LogP contribution in [0.15, 0.2) is 124 Å². The van der Waals surface area contributed by atoms with Crippen LogP contribution in [0.4, 0.5) is 0 Å². The summed E-state index contributed by atoms with van der Waals surface area (Å²) < 4.78 is 0. The Bertz CT molecular complexity index is 1820. The van der Waals surface area contributed by atoms with Crippen LogP contribution in [-0.2, 0) is 5.41 Å². The number of rotatable bonds is 3. The van der Waals surface area contributed by atoms with Crippen molar-refractivity contribution in [1.82, 2.24) is 5.32 Å². The fraction of sp³-hybridized carbons (Fsp3) is 0.381. The van der Waals surface area contributed by atoms with Crippen molar-refractivity contribution in [1.29, 1.82) is 0 Å². The predicted molar refractivity (Wildman–Crippen MR) is 186 cm³/mol. The molecule has 226 valence electrons. The largest absolute Gasteiger partial charge is 0.325 e. The summed E-state index contributed by atoms with van der Waals surface area (Å²) in [6.45, 7) is 4.99. The summed E-state index contributed by atoms with van der Waals surface area (Å²) in [5, 5.41) is 3.81. The topological polar surface area (TPSA) is 36.8 Å². The van der Waals surface area contributed by atoms with Crippen LogP contribution in [0.3, 0.4) is 0 Å². The molecule has 9 rings (SSSR count). The van der Waals surface area contributed by atoms with E-state index in [0.717, 1.165) is 30.1 Å². The number of allylic oxidation sites excluding steroid dienone is 11. The molecule has 0 saturated heterocycles. The van der Waals surface area contributed by atoms with E-state index in [0.29, 0.717) is 17.8 Å². The summed E-state index contributed by atoms with van der Waals surface area (Å²) in [4.78, 5) is 10.6. The van der Waals surface area contributed by atoms with Gasteiger partial charge in [-0.2, -0.15) is 0 Å². The molecule has 45 heavy (non-hydrogen) atoms. The second kappa shape index (κ2) is 10.3. The van der Waals surface area contributed by atoms with Gasteiger partial charge in [0.1, 0.15) is 11.7 Å². The lowest BCUT2D eigenvalue weighted by atomic mass is 9.64. The molecule has 1 N–H and O–H groups in total. The van der Waals surface area contributed by atoms with Crippen molar-refractivity contribution in [2.45, 2.75) is 76.8 Å². The quantitative estimate of drug-likeness (QED) is 0.380. The number of fused-ring (bicyclic) bond motifs is 8. The second-order valence-electron chi connectivity index (χ2n) is 14.8. The van der Waals surface area contributed by atoms with Gasteiger partial charge in [0, 0.05) is 11.0 Å². The number of benzene rings is 2. The maximum atomic E-state index is 5.39. The average Bonchev–Trinajstić information content (AvgIpc) is 3.49. The number of nitrogens with zero attached hydrogens (tertiary/aromatic N) is 2. The second-order valence-corrected chi connectivity index (χ2v) is 14.8. The van der Waals surface area contributed by atoms with E-state index in [2.05, 4.69) is 116 Å². The van der Waals surface area contributed by atoms with Gasteiger partial charge in [0.15, 0.2) is 6.17 Å². The molecule has 1 aliphatic heterocycles. The van der Waals surface area contributed by atoms with Crippen molar-refractivity contribution >= 4 is 17.2 Å². The monoisotopic (exact) mass is 589 g/mol. The first kappa shape index (κ1) is 27.3. The summed E-state index contributed by atoms with van der Waals surface area (Å²) in [6.07, 6.45) is 28.6. The molecule has 7 aliphatic rings. The lowest BCUT2D eigenvalue weighted by Crippen LogP contribution is -2.39. The van der Waals surface area contributed by atoms with Crippen molar-refractivity contribution in [2.24, 2.45) is 33.2 Å². The Hall–Kier alpha value is -3.98. The third kappa shape index (κ3) is 4.08. The molecule has 2 saturated carbocycles. The zero-order valence-electron chi connectivity index (χ0n) is 26.6. The highest BCUT2D eigenvalue weighted by atomic mass is 15.2. The maximum Gasteiger partial charge on any atom is 0.169 e. The number of nitrogens with one attached hydrogen (secondary N) is 1. The Morgan fingerprint density at radius 1 is 0.800 bits per heavy atom. The van der Waals surface area contributed by atoms with E-state index in [1.165, 1.54) is 66.4 Å². The van der Waals surface area contributed by atoms with E-state index in [-0.39, 0.29) is 17.0 Å². The van der Waals surface area contributed by atoms with Crippen LogP contribution in [0, 0.1) is 23.2 Å². The Balaban J connectivity index is 1.22. The third-order valence-corrected chi connectivity index (χ3v) is 12.1. The summed E-state index contributed by atoms with van der Waals surface area (Å²) in [5.74, 6) is 3.68. The van der Waals surface area contributed by atoms with Gasteiger partial charge in [-0.15, -0.1) is 0 Å². The van der Waals surface area contributed by atoms with Crippen LogP contribution >= 0.6 is 0 Å². The fourth-order valence-electron chi connectivity index (χ4n) is 9.99. The minimum atomic E-state index is -0.255. The first-order valence-electron chi connectivity index (χ1n) is 17.3. The molecule has 2 aromatic rings. The molecule has 1 spiro atoms. The van der Waals surface area contributed by atoms with Gasteiger partial charge < -0.3 is 5.32 Å². The Labute approximate surface area is 268 Å². The molecular formula is C42H43N3. The van der Waals surface area contributed by atoms with Gasteiger partial charge in [-0.1, -0.05) is 136 Å². The van der Waals surface area contributed by atoms with Gasteiger partial charge >= 0.3 is 0 Å². The summed E-state index contributed by atoms with van der Waals surface area (Å²) >= 11 is 0. The number of hydrogen-bond acceptors (Lipinski definition) is 3. The van der Waals surface area contributed by atoms with Gasteiger partial charge in [-0.3, -0.25) is 0 Å². The molecule has 2 aromatic carbocycles. The molecule has 4 unspecified atom stereocenters. The van der Waals surface area contributed by atoms with Crippen molar-refractivity contribution < 1.29 is 0 Å². The highest BCUT2D eigenvalue weighted by Gasteiger charge is 2.55. The third-order valence-electron chi connectivity index (χ3n) is 12.1. The van der Waals surface area contributed by atoms with E-state index in [1.54, 1.807) is 11.1 Å². The Morgan fingerprint density at radius 2 is 1.60 bits per heavy atom. The first-order chi connectivity index (χ1) is 22.0. The Morgan fingerprint density at radius 3 is 2.42 bits per heavy atom. The van der Waals surface area contributed by atoms with Crippen LogP contribution in [0.1, 0.15) is 93.6 Å². The van der Waals surface area contributed by atoms with Crippen LogP contribution in [0.2, 0.25) is 0 Å². The highest BCUT2D eigenvalue weighted by molar-refractivity contribution is 6.17. The fourth-order valence-corrected chi connectivity index (χ4v) is 9.99. The van der Waals surface area contributed by atoms with E-state index < -0.39 is 0 Å². The summed E-state index contributed by atoms with van der Waals surface area (Å²) in [7, 11) is 0. The summed E-state index contributed by atoms with van der Waals surface area (Å²) in [6, 6.07) is 17.7. The van der Waals surface area contributed by atoms with Crippen LogP contribution in [0.25, 0.3) is 5.57 Å². The molecule has 1 heterocycles. The van der Waals surface area contributed by atoms with Gasteiger partial charge in [0.25, 0.3) is 0 Å². The van der Waals surface area contributed by atoms with Crippen molar-refractivity contribution in [3.63, 3.8) is 0 Å². The normalized spacial score (nSPS) is 30.0. The van der Waals surface area contributed by atoms with Crippen LogP contribution in [-0.4, -0.2) is 11.7 Å². The van der Waals surface area contributed by atoms with Crippen molar-refractivity contribution in [3.05, 3.63) is 136 Å². The predicted octanol–water partition coefficient (Wildman–Crippen LogP) is 9.72. The first-order valence-corrected chi connectivity index (χ1v) is 17.3. The minimum absolute atomic E-state index is 0.0517. The molecule has 3 nitrogen and oxygen atoms in total. The number of aliphatic imine (C=N–C) groups is 2. The molecule has 0 radical (unpaired) electrons. The Kier molecular flexibility index (Phi) is 6.24. The van der Waals surface area contributed by atoms with Crippen LogP contribution < -0.4 is 5.32 Å². The molecule has 0 amide bonds. The zero-order valence-corrected chi connectivity index (χ0v) is 26.6. The molecule has 4 atom stereocenters. The van der Waals surface area contributed by atoms with Crippen LogP contribution in [0.5, 0.6) is 0 Å². The standard InChI is InChI=1S/C42H43N3/c1-41(2)34-22-11-10-19-29(34)32-26-36-33(25-35(32)41)30-20-14-21-31(37(30)42(36)23-12-5-13-24-42)40-44-38(27-15-6-3-7-16-27)43-39(45-40)28-17-8-4-9-18-28/h3-4,6-8,10-11,14-17,20-22,25-26,29,32,35,38H,5,9,12-13,18-19,23-24H2,1-2H3,(H,43,44,45). The summed E-state index contributed by atoms with van der Waals surface area (Å²) in [5.41, 5.74) is 11.7. The van der Waals surface area contributed by atoms with E-state index in [1.807, 2.05) is 0 Å². The van der Waals surface area contributed by atoms with Gasteiger partial charge in [0.2, 0.25) is 0 Å². The molecular weight excluding hydrogens is 546 g/mol. The van der Waals surface area contributed by atoms with Crippen molar-refractivity contribution in [2.75, 3.05) is 0 Å². The van der Waals surface area contributed by atoms with Crippen molar-refractivity contribution in [3.8, 4) is 0 Å². The van der Waals surface area contributed by atoms with Gasteiger partial charge in [0.05, 0.1) is 0 Å². The minimum Gasteiger partial charge on any atom is -0.325 e. The molecule has 0 aromatic heterocycles. The average molecular weight is 590 g/mol. The molecule has 6 aliphatic carbocycles. The van der Waals surface area contributed by atoms with Gasteiger partial charge in [-0.25, -0.2) is 9.98 Å². The highest BCUT2D eigenvalue weighted by Crippen LogP contribution is 2.65. The number of amidine groups is 2. The maximum absolute atomic E-state index is 5.39. The number of hydrogen-bond donors (Lipinski definition) is 1. The zero-order chi connectivity index (χ0) is 30.2. The lowest BCUT2D eigenvalue weighted by Gasteiger charge is -2.40. The molecule has 0 bridgehead atoms. The van der Waals surface area contributed by atoms with Gasteiger partial charge in [-0.05, 0) is 88.7 Å². The van der Waals surface area contributed by atoms with E-state index >= 15 is 0 Å². The molecule has 2 fully saturated rings. The van der Waals surface area contributed by atoms with E-state index in [9.17, 15) is 0 Å².